The molecule has 3 rings (SSSR count). The Morgan fingerprint density at radius 2 is 1.95 bits per heavy atom. The summed E-state index contributed by atoms with van der Waals surface area (Å²) in [4.78, 5) is 23.7. The number of aliphatic hydroxyl groups is 1. The van der Waals surface area contributed by atoms with E-state index in [0.717, 1.165) is 15.8 Å². The highest BCUT2D eigenvalue weighted by atomic mass is 32.2. The highest BCUT2D eigenvalue weighted by Gasteiger charge is 2.36. The third kappa shape index (κ3) is 2.56. The van der Waals surface area contributed by atoms with Gasteiger partial charge >= 0.3 is 5.97 Å². The summed E-state index contributed by atoms with van der Waals surface area (Å²) in [7, 11) is 0. The van der Waals surface area contributed by atoms with Crippen molar-refractivity contribution in [3.05, 3.63) is 21.9 Å². The van der Waals surface area contributed by atoms with Crippen molar-refractivity contribution >= 4 is 43.9 Å². The van der Waals surface area contributed by atoms with Crippen molar-refractivity contribution in [3.8, 4) is 0 Å². The summed E-state index contributed by atoms with van der Waals surface area (Å²) in [5.41, 5.74) is 0. The predicted molar refractivity (Wildman–Crippen MR) is 77.7 cm³/mol. The van der Waals surface area contributed by atoms with Crippen LogP contribution in [0.1, 0.15) is 25.8 Å². The molecule has 2 aromatic heterocycles. The van der Waals surface area contributed by atoms with Crippen molar-refractivity contribution in [1.82, 2.24) is 5.32 Å². The average molecular weight is 311 g/mol. The number of carbonyl (C=O) groups is 2. The number of amides is 1. The lowest BCUT2D eigenvalue weighted by Gasteiger charge is -2.01. The zero-order chi connectivity index (χ0) is 14.3. The Morgan fingerprint density at radius 3 is 2.55 bits per heavy atom. The second-order valence-electron chi connectivity index (χ2n) is 4.92. The van der Waals surface area contributed by atoms with E-state index in [1.54, 1.807) is 12.1 Å². The third-order valence-corrected chi connectivity index (χ3v) is 5.85. The molecule has 2 aromatic rings. The van der Waals surface area contributed by atoms with E-state index in [1.165, 1.54) is 22.7 Å². The molecule has 2 heterocycles. The molecule has 0 saturated heterocycles. The van der Waals surface area contributed by atoms with Crippen LogP contribution in [0, 0.1) is 11.8 Å². The predicted octanol–water partition coefficient (Wildman–Crippen LogP) is 2.02. The second kappa shape index (κ2) is 5.16. The quantitative estimate of drug-likeness (QED) is 0.788. The molecule has 5 nitrogen and oxygen atoms in total. The summed E-state index contributed by atoms with van der Waals surface area (Å²) < 4.78 is 0.854. The summed E-state index contributed by atoms with van der Waals surface area (Å²) in [5.74, 6) is -0.337. The maximum atomic E-state index is 12.0. The van der Waals surface area contributed by atoms with Crippen LogP contribution < -0.4 is 5.32 Å². The van der Waals surface area contributed by atoms with Crippen LogP contribution in [-0.4, -0.2) is 35.2 Å². The van der Waals surface area contributed by atoms with Gasteiger partial charge in [0.25, 0.3) is 5.91 Å². The van der Waals surface area contributed by atoms with Crippen LogP contribution in [0.2, 0.25) is 0 Å². The smallest absolute Gasteiger partial charge is 0.345 e. The highest BCUT2D eigenvalue weighted by molar-refractivity contribution is 7.39. The monoisotopic (exact) mass is 311 g/mol. The number of carboxylic acid groups (broad SMARTS) is 1. The van der Waals surface area contributed by atoms with Gasteiger partial charge in [-0.05, 0) is 30.4 Å². The lowest BCUT2D eigenvalue weighted by Crippen LogP contribution is -2.25. The summed E-state index contributed by atoms with van der Waals surface area (Å²) >= 11 is 2.51. The molecule has 1 aliphatic rings. The van der Waals surface area contributed by atoms with E-state index in [4.69, 9.17) is 10.2 Å². The third-order valence-electron chi connectivity index (χ3n) is 3.48. The number of fused-ring (bicyclic) bond motifs is 1. The molecule has 106 valence electrons. The van der Waals surface area contributed by atoms with E-state index >= 15 is 0 Å². The van der Waals surface area contributed by atoms with Crippen LogP contribution >= 0.6 is 22.7 Å². The van der Waals surface area contributed by atoms with E-state index in [0.29, 0.717) is 28.1 Å². The van der Waals surface area contributed by atoms with E-state index in [2.05, 4.69) is 5.32 Å². The minimum atomic E-state index is -0.937. The standard InChI is InChI=1S/C13H13NO4S2/c15-5-8-1-7(8)4-14-11(16)9-2-6-3-10(12(17)18)20-13(6)19-9/h2-3,7-8,15H,1,4-5H2,(H,14,16)(H,17,18)/t7-,8+/m1/s1. The van der Waals surface area contributed by atoms with Crippen molar-refractivity contribution in [2.75, 3.05) is 13.2 Å². The number of aromatic carboxylic acids is 1. The zero-order valence-electron chi connectivity index (χ0n) is 10.5. The topological polar surface area (TPSA) is 86.6 Å². The minimum Gasteiger partial charge on any atom is -0.477 e. The van der Waals surface area contributed by atoms with Crippen molar-refractivity contribution < 1.29 is 19.8 Å². The molecule has 1 aliphatic carbocycles. The largest absolute Gasteiger partial charge is 0.477 e. The molecule has 0 aromatic carbocycles. The van der Waals surface area contributed by atoms with E-state index in [9.17, 15) is 9.59 Å². The first-order chi connectivity index (χ1) is 9.58. The van der Waals surface area contributed by atoms with Crippen molar-refractivity contribution in [1.29, 1.82) is 0 Å². The van der Waals surface area contributed by atoms with Crippen LogP contribution in [0.5, 0.6) is 0 Å². The van der Waals surface area contributed by atoms with Gasteiger partial charge in [-0.15, -0.1) is 22.7 Å². The molecule has 3 N–H and O–H groups in total. The summed E-state index contributed by atoms with van der Waals surface area (Å²) in [6, 6.07) is 3.33. The number of aliphatic hydroxyl groups excluding tert-OH is 1. The Balaban J connectivity index is 1.66. The highest BCUT2D eigenvalue weighted by Crippen LogP contribution is 2.37. The Bertz CT molecular complexity index is 644. The van der Waals surface area contributed by atoms with Crippen molar-refractivity contribution in [2.24, 2.45) is 11.8 Å². The van der Waals surface area contributed by atoms with Crippen LogP contribution in [0.15, 0.2) is 12.1 Å². The Hall–Kier alpha value is -1.44. The van der Waals surface area contributed by atoms with E-state index in [-0.39, 0.29) is 12.5 Å². The van der Waals surface area contributed by atoms with Crippen molar-refractivity contribution in [3.63, 3.8) is 0 Å². The molecule has 2 atom stereocenters. The second-order valence-corrected chi connectivity index (χ2v) is 7.28. The molecule has 20 heavy (non-hydrogen) atoms. The SMILES string of the molecule is O=C(O)c1cc2cc(C(=O)NC[C@H]3C[C@H]3CO)sc2s1. The molecule has 0 bridgehead atoms. The normalized spacial score (nSPS) is 21.1. The van der Waals surface area contributed by atoms with Crippen LogP contribution in [0.4, 0.5) is 0 Å². The fourth-order valence-electron chi connectivity index (χ4n) is 2.15. The Morgan fingerprint density at radius 1 is 1.25 bits per heavy atom. The molecule has 0 unspecified atom stereocenters. The first kappa shape index (κ1) is 13.5. The number of rotatable bonds is 5. The van der Waals surface area contributed by atoms with Crippen LogP contribution in [0.3, 0.4) is 0 Å². The fourth-order valence-corrected chi connectivity index (χ4v) is 4.35. The van der Waals surface area contributed by atoms with Gasteiger partial charge in [0.2, 0.25) is 0 Å². The number of thiophene rings is 2. The van der Waals surface area contributed by atoms with Gasteiger partial charge in [0.1, 0.15) is 4.88 Å². The molecular weight excluding hydrogens is 298 g/mol. The number of carbonyl (C=O) groups excluding carboxylic acids is 1. The first-order valence-electron chi connectivity index (χ1n) is 6.24. The molecule has 7 heteroatoms. The molecule has 1 amide bonds. The summed E-state index contributed by atoms with van der Waals surface area (Å²) in [5, 5.41) is 21.5. The van der Waals surface area contributed by atoms with Crippen LogP contribution in [-0.2, 0) is 0 Å². The fraction of sp³-hybridized carbons (Fsp3) is 0.385. The zero-order valence-corrected chi connectivity index (χ0v) is 12.1. The molecular formula is C13H13NO4S2. The number of hydrogen-bond acceptors (Lipinski definition) is 5. The number of carboxylic acids is 1. The van der Waals surface area contributed by atoms with Gasteiger partial charge in [0, 0.05) is 18.5 Å². The van der Waals surface area contributed by atoms with Crippen molar-refractivity contribution in [2.45, 2.75) is 6.42 Å². The summed E-state index contributed by atoms with van der Waals surface area (Å²) in [6.07, 6.45) is 0.971. The lowest BCUT2D eigenvalue weighted by atomic mass is 10.3. The maximum Gasteiger partial charge on any atom is 0.345 e. The average Bonchev–Trinajstić information content (AvgIpc) is 2.87. The molecule has 0 radical (unpaired) electrons. The number of nitrogens with one attached hydrogen (secondary N) is 1. The van der Waals surface area contributed by atoms with E-state index < -0.39 is 5.97 Å². The maximum absolute atomic E-state index is 12.0. The molecule has 1 fully saturated rings. The molecule has 0 aliphatic heterocycles. The first-order valence-corrected chi connectivity index (χ1v) is 7.87. The van der Waals surface area contributed by atoms with Crippen LogP contribution in [0.25, 0.3) is 9.40 Å². The van der Waals surface area contributed by atoms with Gasteiger partial charge in [-0.25, -0.2) is 4.79 Å². The Labute approximate surface area is 122 Å². The van der Waals surface area contributed by atoms with Gasteiger partial charge < -0.3 is 15.5 Å². The van der Waals surface area contributed by atoms with Gasteiger partial charge in [-0.2, -0.15) is 0 Å². The van der Waals surface area contributed by atoms with E-state index in [1.807, 2.05) is 0 Å². The molecule has 0 spiro atoms. The minimum absolute atomic E-state index is 0.126. The Kier molecular flexibility index (Phi) is 3.49. The number of hydrogen-bond donors (Lipinski definition) is 3. The van der Waals surface area contributed by atoms with Gasteiger partial charge in [-0.3, -0.25) is 4.79 Å². The van der Waals surface area contributed by atoms with Gasteiger partial charge in [-0.1, -0.05) is 0 Å². The lowest BCUT2D eigenvalue weighted by molar-refractivity contribution is 0.0702. The summed E-state index contributed by atoms with van der Waals surface area (Å²) in [6.45, 7) is 0.781. The van der Waals surface area contributed by atoms with Gasteiger partial charge in [0.15, 0.2) is 0 Å². The van der Waals surface area contributed by atoms with Gasteiger partial charge in [0.05, 0.1) is 8.89 Å². The molecule has 1 saturated carbocycles.